The van der Waals surface area contributed by atoms with Crippen molar-refractivity contribution in [3.8, 4) is 0 Å². The summed E-state index contributed by atoms with van der Waals surface area (Å²) >= 11 is 3.31. The van der Waals surface area contributed by atoms with E-state index in [0.717, 1.165) is 4.47 Å². The quantitative estimate of drug-likeness (QED) is 0.781. The number of benzene rings is 1. The minimum Gasteiger partial charge on any atom is -0.456 e. The lowest BCUT2D eigenvalue weighted by Gasteiger charge is -2.07. The van der Waals surface area contributed by atoms with Gasteiger partial charge in [0, 0.05) is 16.1 Å². The fourth-order valence-electron chi connectivity index (χ4n) is 1.92. The van der Waals surface area contributed by atoms with Crippen molar-refractivity contribution in [1.29, 1.82) is 0 Å². The molecule has 1 unspecified atom stereocenters. The largest absolute Gasteiger partial charge is 0.456 e. The molecule has 0 aliphatic rings. The molecule has 1 atom stereocenters. The normalized spacial score (nSPS) is 12.8. The molecule has 5 heteroatoms. The Bertz CT molecular complexity index is 724. The molecule has 0 radical (unpaired) electrons. The molecule has 96 valence electrons. The highest BCUT2D eigenvalue weighted by molar-refractivity contribution is 9.10. The predicted molar refractivity (Wildman–Crippen MR) is 74.1 cm³/mol. The van der Waals surface area contributed by atoms with Crippen LogP contribution in [-0.2, 0) is 0 Å². The SMILES string of the molecule is NC(c1ccc(Br)cn1)c1cc2cccc(F)c2o1. The van der Waals surface area contributed by atoms with E-state index < -0.39 is 6.04 Å². The van der Waals surface area contributed by atoms with E-state index >= 15 is 0 Å². The summed E-state index contributed by atoms with van der Waals surface area (Å²) in [5, 5.41) is 0.697. The van der Waals surface area contributed by atoms with Gasteiger partial charge in [0.25, 0.3) is 0 Å². The van der Waals surface area contributed by atoms with Crippen LogP contribution in [0, 0.1) is 5.82 Å². The Hall–Kier alpha value is -1.72. The average Bonchev–Trinajstić information content (AvgIpc) is 2.84. The number of aromatic nitrogens is 1. The number of hydrogen-bond acceptors (Lipinski definition) is 3. The van der Waals surface area contributed by atoms with Crippen molar-refractivity contribution in [2.45, 2.75) is 6.04 Å². The first kappa shape index (κ1) is 12.3. The van der Waals surface area contributed by atoms with Crippen LogP contribution in [0.5, 0.6) is 0 Å². The summed E-state index contributed by atoms with van der Waals surface area (Å²) in [7, 11) is 0. The van der Waals surface area contributed by atoms with E-state index in [2.05, 4.69) is 20.9 Å². The first-order valence-corrected chi connectivity index (χ1v) is 6.49. The summed E-state index contributed by atoms with van der Waals surface area (Å²) in [5.74, 6) is 0.106. The van der Waals surface area contributed by atoms with E-state index in [4.69, 9.17) is 10.2 Å². The molecule has 19 heavy (non-hydrogen) atoms. The minimum absolute atomic E-state index is 0.227. The zero-order chi connectivity index (χ0) is 13.4. The summed E-state index contributed by atoms with van der Waals surface area (Å²) in [6, 6.07) is 9.67. The standard InChI is InChI=1S/C14H10BrFN2O/c15-9-4-5-11(18-7-9)13(17)12-6-8-2-1-3-10(16)14(8)19-12/h1-7,13H,17H2. The van der Waals surface area contributed by atoms with Gasteiger partial charge < -0.3 is 10.2 Å². The van der Waals surface area contributed by atoms with Crippen molar-refractivity contribution in [2.24, 2.45) is 5.73 Å². The number of halogens is 2. The Labute approximate surface area is 117 Å². The molecule has 3 rings (SSSR count). The third-order valence-electron chi connectivity index (χ3n) is 2.89. The van der Waals surface area contributed by atoms with Crippen LogP contribution >= 0.6 is 15.9 Å². The van der Waals surface area contributed by atoms with Gasteiger partial charge in [-0.05, 0) is 40.2 Å². The summed E-state index contributed by atoms with van der Waals surface area (Å²) in [6.45, 7) is 0. The molecular weight excluding hydrogens is 311 g/mol. The van der Waals surface area contributed by atoms with E-state index in [1.165, 1.54) is 6.07 Å². The number of rotatable bonds is 2. The molecule has 0 saturated heterocycles. The number of hydrogen-bond donors (Lipinski definition) is 1. The summed E-state index contributed by atoms with van der Waals surface area (Å²) in [4.78, 5) is 4.22. The molecule has 2 aromatic heterocycles. The highest BCUT2D eigenvalue weighted by atomic mass is 79.9. The lowest BCUT2D eigenvalue weighted by Crippen LogP contribution is -2.12. The summed E-state index contributed by atoms with van der Waals surface area (Å²) < 4.78 is 19.9. The van der Waals surface area contributed by atoms with Crippen LogP contribution in [-0.4, -0.2) is 4.98 Å². The second-order valence-corrected chi connectivity index (χ2v) is 5.10. The van der Waals surface area contributed by atoms with Gasteiger partial charge in [-0.2, -0.15) is 0 Å². The smallest absolute Gasteiger partial charge is 0.169 e. The topological polar surface area (TPSA) is 52.0 Å². The van der Waals surface area contributed by atoms with Crippen LogP contribution in [0.15, 0.2) is 51.5 Å². The molecule has 3 nitrogen and oxygen atoms in total. The van der Waals surface area contributed by atoms with Crippen molar-refractivity contribution >= 4 is 26.9 Å². The fourth-order valence-corrected chi connectivity index (χ4v) is 2.15. The van der Waals surface area contributed by atoms with Crippen molar-refractivity contribution in [2.75, 3.05) is 0 Å². The van der Waals surface area contributed by atoms with E-state index in [-0.39, 0.29) is 11.4 Å². The van der Waals surface area contributed by atoms with Crippen molar-refractivity contribution in [1.82, 2.24) is 4.98 Å². The Morgan fingerprint density at radius 1 is 1.26 bits per heavy atom. The van der Waals surface area contributed by atoms with Gasteiger partial charge in [-0.15, -0.1) is 0 Å². The maximum atomic E-state index is 13.6. The Morgan fingerprint density at radius 3 is 2.79 bits per heavy atom. The molecule has 0 aliphatic carbocycles. The summed E-state index contributed by atoms with van der Waals surface area (Å²) in [5.41, 5.74) is 6.98. The Balaban J connectivity index is 2.04. The van der Waals surface area contributed by atoms with Crippen LogP contribution < -0.4 is 5.73 Å². The minimum atomic E-state index is -0.514. The number of nitrogens with two attached hydrogens (primary N) is 1. The van der Waals surface area contributed by atoms with Crippen molar-refractivity contribution in [3.63, 3.8) is 0 Å². The second kappa shape index (κ2) is 4.75. The van der Waals surface area contributed by atoms with E-state index in [1.807, 2.05) is 6.07 Å². The number of fused-ring (bicyclic) bond motifs is 1. The molecule has 0 spiro atoms. The van der Waals surface area contributed by atoms with E-state index in [0.29, 0.717) is 16.8 Å². The molecule has 2 N–H and O–H groups in total. The van der Waals surface area contributed by atoms with Gasteiger partial charge in [-0.3, -0.25) is 4.98 Å². The van der Waals surface area contributed by atoms with Gasteiger partial charge in [-0.1, -0.05) is 12.1 Å². The maximum absolute atomic E-state index is 13.6. The zero-order valence-corrected chi connectivity index (χ0v) is 11.4. The van der Waals surface area contributed by atoms with Crippen molar-refractivity contribution < 1.29 is 8.81 Å². The van der Waals surface area contributed by atoms with Crippen LogP contribution in [0.2, 0.25) is 0 Å². The lowest BCUT2D eigenvalue weighted by atomic mass is 10.1. The van der Waals surface area contributed by atoms with Gasteiger partial charge >= 0.3 is 0 Å². The van der Waals surface area contributed by atoms with Crippen LogP contribution in [0.3, 0.4) is 0 Å². The van der Waals surface area contributed by atoms with E-state index in [1.54, 1.807) is 30.5 Å². The fraction of sp³-hybridized carbons (Fsp3) is 0.0714. The monoisotopic (exact) mass is 320 g/mol. The molecule has 0 amide bonds. The molecule has 0 bridgehead atoms. The highest BCUT2D eigenvalue weighted by Gasteiger charge is 2.16. The molecule has 1 aromatic carbocycles. The second-order valence-electron chi connectivity index (χ2n) is 4.19. The molecular formula is C14H10BrFN2O. The zero-order valence-electron chi connectivity index (χ0n) is 9.81. The first-order chi connectivity index (χ1) is 9.15. The average molecular weight is 321 g/mol. The van der Waals surface area contributed by atoms with Gasteiger partial charge in [0.15, 0.2) is 11.4 Å². The van der Waals surface area contributed by atoms with Crippen LogP contribution in [0.25, 0.3) is 11.0 Å². The summed E-state index contributed by atoms with van der Waals surface area (Å²) in [6.07, 6.45) is 1.67. The lowest BCUT2D eigenvalue weighted by molar-refractivity contribution is 0.499. The number of pyridine rings is 1. The third-order valence-corrected chi connectivity index (χ3v) is 3.36. The van der Waals surface area contributed by atoms with Gasteiger partial charge in [0.1, 0.15) is 11.8 Å². The predicted octanol–water partition coefficient (Wildman–Crippen LogP) is 3.78. The molecule has 0 aliphatic heterocycles. The maximum Gasteiger partial charge on any atom is 0.169 e. The highest BCUT2D eigenvalue weighted by Crippen LogP contribution is 2.27. The van der Waals surface area contributed by atoms with E-state index in [9.17, 15) is 4.39 Å². The molecule has 0 saturated carbocycles. The van der Waals surface area contributed by atoms with Crippen LogP contribution in [0.4, 0.5) is 4.39 Å². The molecule has 0 fully saturated rings. The van der Waals surface area contributed by atoms with Gasteiger partial charge in [0.05, 0.1) is 5.69 Å². The first-order valence-electron chi connectivity index (χ1n) is 5.70. The number of nitrogens with zero attached hydrogens (tertiary/aromatic N) is 1. The molecule has 3 aromatic rings. The Morgan fingerprint density at radius 2 is 2.11 bits per heavy atom. The third kappa shape index (κ3) is 2.27. The van der Waals surface area contributed by atoms with Gasteiger partial charge in [0.2, 0.25) is 0 Å². The molecule has 2 heterocycles. The Kier molecular flexibility index (Phi) is 3.08. The van der Waals surface area contributed by atoms with Crippen molar-refractivity contribution in [3.05, 3.63) is 64.3 Å². The number of furan rings is 1. The van der Waals surface area contributed by atoms with Gasteiger partial charge in [-0.25, -0.2) is 4.39 Å². The number of para-hydroxylation sites is 1. The van der Waals surface area contributed by atoms with Crippen LogP contribution in [0.1, 0.15) is 17.5 Å².